The predicted molar refractivity (Wildman–Crippen MR) is 63.4 cm³/mol. The molecule has 1 heterocycles. The van der Waals surface area contributed by atoms with E-state index in [1.165, 1.54) is 25.5 Å². The van der Waals surface area contributed by atoms with Gasteiger partial charge in [0.25, 0.3) is 5.88 Å². The monoisotopic (exact) mass is 231 g/mol. The minimum atomic E-state index is 0.192. The number of ether oxygens (including phenoxy) is 1. The zero-order valence-electron chi connectivity index (χ0n) is 10.1. The summed E-state index contributed by atoms with van der Waals surface area (Å²) in [5.74, 6) is 1.13. The van der Waals surface area contributed by atoms with Crippen molar-refractivity contribution in [2.45, 2.75) is 45.1 Å². The summed E-state index contributed by atoms with van der Waals surface area (Å²) in [6.07, 6.45) is 7.52. The molecule has 0 N–H and O–H groups in total. The summed E-state index contributed by atoms with van der Waals surface area (Å²) in [5, 5.41) is 16.6. The molecule has 1 aromatic heterocycles. The van der Waals surface area contributed by atoms with Crippen molar-refractivity contribution in [1.82, 2.24) is 10.2 Å². The van der Waals surface area contributed by atoms with Crippen LogP contribution in [0.15, 0.2) is 12.3 Å². The molecule has 2 atom stereocenters. The maximum Gasteiger partial charge on any atom is 0.251 e. The highest BCUT2D eigenvalue weighted by molar-refractivity contribution is 5.35. The van der Waals surface area contributed by atoms with Crippen molar-refractivity contribution in [3.05, 3.63) is 17.8 Å². The molecule has 4 nitrogen and oxygen atoms in total. The van der Waals surface area contributed by atoms with E-state index < -0.39 is 0 Å². The zero-order valence-corrected chi connectivity index (χ0v) is 10.1. The highest BCUT2D eigenvalue weighted by Crippen LogP contribution is 2.29. The third-order valence-electron chi connectivity index (χ3n) is 3.40. The third-order valence-corrected chi connectivity index (χ3v) is 3.40. The molecule has 1 saturated carbocycles. The van der Waals surface area contributed by atoms with Crippen LogP contribution in [0.25, 0.3) is 0 Å². The minimum absolute atomic E-state index is 0.192. The molecule has 1 aliphatic rings. The molecule has 1 aliphatic carbocycles. The van der Waals surface area contributed by atoms with Crippen molar-refractivity contribution < 1.29 is 4.74 Å². The van der Waals surface area contributed by atoms with Crippen LogP contribution in [0.5, 0.6) is 5.88 Å². The van der Waals surface area contributed by atoms with Crippen LogP contribution in [-0.2, 0) is 0 Å². The first kappa shape index (κ1) is 11.8. The van der Waals surface area contributed by atoms with E-state index in [2.05, 4.69) is 23.2 Å². The van der Waals surface area contributed by atoms with Crippen molar-refractivity contribution in [3.8, 4) is 11.9 Å². The van der Waals surface area contributed by atoms with Crippen LogP contribution in [0, 0.1) is 17.2 Å². The van der Waals surface area contributed by atoms with E-state index in [1.54, 1.807) is 6.07 Å². The van der Waals surface area contributed by atoms with Crippen LogP contribution in [0.4, 0.5) is 0 Å². The quantitative estimate of drug-likeness (QED) is 0.802. The number of hydrogen-bond acceptors (Lipinski definition) is 4. The van der Waals surface area contributed by atoms with Gasteiger partial charge >= 0.3 is 0 Å². The van der Waals surface area contributed by atoms with E-state index in [0.29, 0.717) is 11.4 Å². The van der Waals surface area contributed by atoms with Crippen LogP contribution < -0.4 is 4.74 Å². The Hall–Kier alpha value is -1.63. The van der Waals surface area contributed by atoms with E-state index in [1.807, 2.05) is 0 Å². The van der Waals surface area contributed by atoms with Gasteiger partial charge in [-0.25, -0.2) is 0 Å². The molecule has 0 spiro atoms. The van der Waals surface area contributed by atoms with Gasteiger partial charge < -0.3 is 4.74 Å². The second kappa shape index (κ2) is 5.62. The van der Waals surface area contributed by atoms with Crippen molar-refractivity contribution in [2.75, 3.05) is 0 Å². The van der Waals surface area contributed by atoms with Gasteiger partial charge in [0.15, 0.2) is 0 Å². The lowest BCUT2D eigenvalue weighted by molar-refractivity contribution is 0.115. The number of rotatable bonds is 3. The van der Waals surface area contributed by atoms with Crippen LogP contribution in [0.3, 0.4) is 0 Å². The average Bonchev–Trinajstić information content (AvgIpc) is 2.39. The third kappa shape index (κ3) is 2.94. The van der Waals surface area contributed by atoms with E-state index in [9.17, 15) is 0 Å². The Morgan fingerprint density at radius 2 is 2.41 bits per heavy atom. The minimum Gasteiger partial charge on any atom is -0.472 e. The van der Waals surface area contributed by atoms with Gasteiger partial charge in [-0.3, -0.25) is 0 Å². The molecule has 2 unspecified atom stereocenters. The lowest BCUT2D eigenvalue weighted by Crippen LogP contribution is -2.25. The van der Waals surface area contributed by atoms with Crippen molar-refractivity contribution in [2.24, 2.45) is 5.92 Å². The van der Waals surface area contributed by atoms with Crippen LogP contribution in [-0.4, -0.2) is 16.3 Å². The van der Waals surface area contributed by atoms with Crippen molar-refractivity contribution in [1.29, 1.82) is 5.26 Å². The summed E-state index contributed by atoms with van der Waals surface area (Å²) in [7, 11) is 0. The molecule has 17 heavy (non-hydrogen) atoms. The molecule has 0 saturated heterocycles. The predicted octanol–water partition coefficient (Wildman–Crippen LogP) is 2.70. The van der Waals surface area contributed by atoms with E-state index in [-0.39, 0.29) is 6.10 Å². The Morgan fingerprint density at radius 3 is 3.18 bits per heavy atom. The molecule has 4 heteroatoms. The van der Waals surface area contributed by atoms with Crippen LogP contribution in [0.1, 0.15) is 44.6 Å². The maximum atomic E-state index is 8.95. The highest BCUT2D eigenvalue weighted by atomic mass is 16.5. The molecule has 1 fully saturated rings. The molecule has 0 radical (unpaired) electrons. The molecular formula is C13H17N3O. The molecule has 0 aliphatic heterocycles. The number of aromatic nitrogens is 2. The normalized spacial score (nSPS) is 24.0. The van der Waals surface area contributed by atoms with Gasteiger partial charge in [-0.05, 0) is 31.2 Å². The topological polar surface area (TPSA) is 58.8 Å². The van der Waals surface area contributed by atoms with Gasteiger partial charge in [0.1, 0.15) is 17.7 Å². The first-order valence-corrected chi connectivity index (χ1v) is 6.22. The summed E-state index contributed by atoms with van der Waals surface area (Å²) in [6.45, 7) is 2.22. The second-order valence-electron chi connectivity index (χ2n) is 4.54. The first-order valence-electron chi connectivity index (χ1n) is 6.22. The van der Waals surface area contributed by atoms with Gasteiger partial charge in [-0.2, -0.15) is 10.4 Å². The SMILES string of the molecule is CCC1CCCC(Oc2nnccc2C#N)C1. The Kier molecular flexibility index (Phi) is 3.92. The fraction of sp³-hybridized carbons (Fsp3) is 0.615. The lowest BCUT2D eigenvalue weighted by Gasteiger charge is -2.28. The van der Waals surface area contributed by atoms with Crippen LogP contribution in [0.2, 0.25) is 0 Å². The molecule has 90 valence electrons. The fourth-order valence-corrected chi connectivity index (χ4v) is 2.37. The summed E-state index contributed by atoms with van der Waals surface area (Å²) >= 11 is 0. The van der Waals surface area contributed by atoms with E-state index in [4.69, 9.17) is 10.00 Å². The smallest absolute Gasteiger partial charge is 0.251 e. The van der Waals surface area contributed by atoms with Crippen LogP contribution >= 0.6 is 0 Å². The molecular weight excluding hydrogens is 214 g/mol. The number of nitrogens with zero attached hydrogens (tertiary/aromatic N) is 3. The number of hydrogen-bond donors (Lipinski definition) is 0. The van der Waals surface area contributed by atoms with Gasteiger partial charge in [0, 0.05) is 0 Å². The summed E-state index contributed by atoms with van der Waals surface area (Å²) in [5.41, 5.74) is 0.471. The van der Waals surface area contributed by atoms with Gasteiger partial charge in [0.2, 0.25) is 0 Å². The molecule has 0 aromatic carbocycles. The zero-order chi connectivity index (χ0) is 12.1. The Bertz CT molecular complexity index is 413. The largest absolute Gasteiger partial charge is 0.472 e. The maximum absolute atomic E-state index is 8.95. The van der Waals surface area contributed by atoms with Gasteiger partial charge in [0.05, 0.1) is 6.20 Å². The Labute approximate surface area is 102 Å². The van der Waals surface area contributed by atoms with Crippen molar-refractivity contribution >= 4 is 0 Å². The molecule has 2 rings (SSSR count). The number of nitriles is 1. The molecule has 0 bridgehead atoms. The molecule has 0 amide bonds. The lowest BCUT2D eigenvalue weighted by atomic mass is 9.85. The average molecular weight is 231 g/mol. The van der Waals surface area contributed by atoms with Crippen molar-refractivity contribution in [3.63, 3.8) is 0 Å². The van der Waals surface area contributed by atoms with E-state index in [0.717, 1.165) is 18.8 Å². The van der Waals surface area contributed by atoms with E-state index >= 15 is 0 Å². The summed E-state index contributed by atoms with van der Waals surface area (Å²) in [4.78, 5) is 0. The molecule has 1 aromatic rings. The Balaban J connectivity index is 2.03. The second-order valence-corrected chi connectivity index (χ2v) is 4.54. The Morgan fingerprint density at radius 1 is 1.53 bits per heavy atom. The summed E-state index contributed by atoms with van der Waals surface area (Å²) in [6, 6.07) is 3.72. The fourth-order valence-electron chi connectivity index (χ4n) is 2.37. The van der Waals surface area contributed by atoms with Gasteiger partial charge in [-0.1, -0.05) is 19.8 Å². The van der Waals surface area contributed by atoms with Gasteiger partial charge in [-0.15, -0.1) is 5.10 Å². The first-order chi connectivity index (χ1) is 8.33. The highest BCUT2D eigenvalue weighted by Gasteiger charge is 2.23. The summed E-state index contributed by atoms with van der Waals surface area (Å²) < 4.78 is 5.81. The standard InChI is InChI=1S/C13H17N3O/c1-2-10-4-3-5-12(8-10)17-13-11(9-14)6-7-15-16-13/h6-7,10,12H,2-5,8H2,1H3.